The molecule has 1 saturated heterocycles. The van der Waals surface area contributed by atoms with E-state index in [4.69, 9.17) is 4.74 Å². The van der Waals surface area contributed by atoms with Crippen LogP contribution in [0.2, 0.25) is 0 Å². The molecule has 4 aromatic rings. The number of sulfonamides is 1. The van der Waals surface area contributed by atoms with Crippen molar-refractivity contribution >= 4 is 86.3 Å². The summed E-state index contributed by atoms with van der Waals surface area (Å²) in [5.74, 6) is -10.1. The molecular formula is C59H85N15O19S. The minimum Gasteiger partial charge on any atom is -0.512 e. The lowest BCUT2D eigenvalue weighted by Crippen LogP contribution is -2.52. The number of nitrogens with one attached hydrogen (secondary N) is 8. The molecule has 14 N–H and O–H groups in total. The van der Waals surface area contributed by atoms with Crippen molar-refractivity contribution in [2.75, 3.05) is 123 Å². The van der Waals surface area contributed by atoms with Crippen LogP contribution in [0.5, 0.6) is 5.75 Å². The Morgan fingerprint density at radius 3 is 1.82 bits per heavy atom. The van der Waals surface area contributed by atoms with E-state index in [9.17, 15) is 87.0 Å². The lowest BCUT2D eigenvalue weighted by Gasteiger charge is -2.33. The summed E-state index contributed by atoms with van der Waals surface area (Å²) >= 11 is 0. The Morgan fingerprint density at radius 2 is 1.24 bits per heavy atom. The SMILES string of the molecule is C=C(O)CN1CCN(CC(=O)O)CCN(CC(=O)NC[C@@H](CCC(=O)O)C(=O)NC(CCC(=O)O)C(=O)NCCNC(=O)CCCOc2cc(C)c(S(=O)(=O)N[C@@H](CNC(=O)c3ccc4c(cnn4CCCNc4ncc[nH]4)c3)C(=O)O)c(C)c2)CCN(CC(=O)O)CC1. The van der Waals surface area contributed by atoms with Crippen molar-refractivity contribution in [1.29, 1.82) is 0 Å². The van der Waals surface area contributed by atoms with E-state index in [1.165, 1.54) is 26.0 Å². The second-order valence-corrected chi connectivity index (χ2v) is 24.1. The number of benzene rings is 2. The number of aliphatic carboxylic acids is 5. The van der Waals surface area contributed by atoms with Crippen molar-refractivity contribution in [3.8, 4) is 5.75 Å². The van der Waals surface area contributed by atoms with Crippen LogP contribution in [0.3, 0.4) is 0 Å². The van der Waals surface area contributed by atoms with E-state index in [2.05, 4.69) is 58.3 Å². The number of amides is 5. The minimum absolute atomic E-state index is 0.00347. The van der Waals surface area contributed by atoms with Gasteiger partial charge in [0.05, 0.1) is 61.1 Å². The lowest BCUT2D eigenvalue weighted by molar-refractivity contribution is -0.139. The van der Waals surface area contributed by atoms with Crippen LogP contribution in [0.4, 0.5) is 5.95 Å². The van der Waals surface area contributed by atoms with E-state index in [0.29, 0.717) is 37.5 Å². The average Bonchev–Trinajstić information content (AvgIpc) is 0.915. The molecule has 516 valence electrons. The second kappa shape index (κ2) is 38.0. The van der Waals surface area contributed by atoms with E-state index < -0.39 is 113 Å². The summed E-state index contributed by atoms with van der Waals surface area (Å²) in [4.78, 5) is 139. The Kier molecular flexibility index (Phi) is 30.5. The molecule has 94 heavy (non-hydrogen) atoms. The zero-order chi connectivity index (χ0) is 68.9. The maximum absolute atomic E-state index is 13.7. The van der Waals surface area contributed by atoms with Crippen LogP contribution in [0, 0.1) is 19.8 Å². The largest absolute Gasteiger partial charge is 0.512 e. The molecular weight excluding hydrogens is 1250 g/mol. The third-order valence-electron chi connectivity index (χ3n) is 14.9. The van der Waals surface area contributed by atoms with Crippen molar-refractivity contribution in [2.45, 2.75) is 82.3 Å². The summed E-state index contributed by atoms with van der Waals surface area (Å²) < 4.78 is 37.1. The van der Waals surface area contributed by atoms with Crippen LogP contribution in [0.1, 0.15) is 66.4 Å². The Morgan fingerprint density at radius 1 is 0.649 bits per heavy atom. The number of carbonyl (C=O) groups is 10. The van der Waals surface area contributed by atoms with Crippen LogP contribution in [0.15, 0.2) is 66.2 Å². The highest BCUT2D eigenvalue weighted by Gasteiger charge is 2.31. The van der Waals surface area contributed by atoms with Gasteiger partial charge >= 0.3 is 29.8 Å². The predicted molar refractivity (Wildman–Crippen MR) is 337 cm³/mol. The van der Waals surface area contributed by atoms with E-state index in [0.717, 1.165) is 11.9 Å². The number of carboxylic acids is 5. The number of aryl methyl sites for hydroxylation is 3. The lowest BCUT2D eigenvalue weighted by atomic mass is 10.0. The van der Waals surface area contributed by atoms with E-state index >= 15 is 0 Å². The Labute approximate surface area is 541 Å². The monoisotopic (exact) mass is 1340 g/mol. The molecule has 1 fully saturated rings. The van der Waals surface area contributed by atoms with E-state index in [1.807, 2.05) is 4.90 Å². The third-order valence-corrected chi connectivity index (χ3v) is 16.7. The molecule has 0 saturated carbocycles. The highest BCUT2D eigenvalue weighted by Crippen LogP contribution is 2.27. The van der Waals surface area contributed by atoms with Gasteiger partial charge in [0.15, 0.2) is 5.95 Å². The van der Waals surface area contributed by atoms with Gasteiger partial charge in [0.2, 0.25) is 33.7 Å². The molecule has 0 radical (unpaired) electrons. The van der Waals surface area contributed by atoms with Gasteiger partial charge < -0.3 is 72.3 Å². The van der Waals surface area contributed by atoms with Gasteiger partial charge in [0.25, 0.3) is 5.91 Å². The van der Waals surface area contributed by atoms with Crippen LogP contribution in [-0.4, -0.2) is 268 Å². The van der Waals surface area contributed by atoms with Crippen molar-refractivity contribution in [3.05, 3.63) is 78.0 Å². The van der Waals surface area contributed by atoms with Gasteiger partial charge in [-0.15, -0.1) is 0 Å². The number of aliphatic hydroxyl groups excluding tert-OH is 1. The Hall–Kier alpha value is -9.29. The zero-order valence-electron chi connectivity index (χ0n) is 52.5. The van der Waals surface area contributed by atoms with Crippen LogP contribution in [-0.2, 0) is 59.7 Å². The molecule has 0 aliphatic carbocycles. The number of carbonyl (C=O) groups excluding carboxylic acids is 5. The minimum atomic E-state index is -4.48. The first-order valence-electron chi connectivity index (χ1n) is 30.4. The smallest absolute Gasteiger partial charge is 0.323 e. The summed E-state index contributed by atoms with van der Waals surface area (Å²) in [5, 5.41) is 79.0. The first kappa shape index (κ1) is 75.4. The third kappa shape index (κ3) is 26.7. The van der Waals surface area contributed by atoms with Crippen LogP contribution < -0.4 is 41.4 Å². The zero-order valence-corrected chi connectivity index (χ0v) is 53.3. The van der Waals surface area contributed by atoms with Gasteiger partial charge in [-0.2, -0.15) is 9.82 Å². The molecule has 34 nitrogen and oxygen atoms in total. The molecule has 1 unspecified atom stereocenters. The highest BCUT2D eigenvalue weighted by molar-refractivity contribution is 7.89. The maximum Gasteiger partial charge on any atom is 0.323 e. The van der Waals surface area contributed by atoms with Gasteiger partial charge in [-0.05, 0) is 81.0 Å². The maximum atomic E-state index is 13.7. The molecule has 5 amide bonds. The second-order valence-electron chi connectivity index (χ2n) is 22.4. The molecule has 2 aromatic carbocycles. The topological polar surface area (TPSA) is 479 Å². The molecule has 5 rings (SSSR count). The van der Waals surface area contributed by atoms with Crippen molar-refractivity contribution in [3.63, 3.8) is 0 Å². The highest BCUT2D eigenvalue weighted by atomic mass is 32.2. The number of imidazole rings is 1. The standard InChI is InChI=1S/C59H85N15O19S/c1-38-28-44(29-39(2)54(38)94(91,92)69-46(58(89)90)33-66-55(86)41-7-10-47-43(30-41)32-67-74(47)18-5-13-62-59-63-16-17-64-59)93-27-4-6-48(76)60-14-15-61-57(88)45(9-12-51(80)81)68-56(87)42(8-11-50(78)79)31-65-49(77)35-71-21-25-72(36-52(82)83)23-19-70(34-40(3)75)20-24-73(26-22-71)37-53(84)85/h7,10,16-17,28-30,32,42,45-46,69,75H,3-6,8-9,11-15,18-27,31,33-37H2,1-2H3,(H,60,76)(H,61,88)(H,65,77)(H,66,86)(H,68,87)(H,78,79)(H,80,81)(H,82,83)(H,84,85)(H,89,90)(H2,62,63,64)/t42-,45?,46+/m1/s1. The number of ether oxygens (including phenoxy) is 1. The van der Waals surface area contributed by atoms with Crippen LogP contribution in [0.25, 0.3) is 10.9 Å². The Bertz CT molecular complexity index is 3330. The first-order chi connectivity index (χ1) is 44.6. The summed E-state index contributed by atoms with van der Waals surface area (Å²) in [5.41, 5.74) is 1.40. The summed E-state index contributed by atoms with van der Waals surface area (Å²) in [7, 11) is -4.48. The van der Waals surface area contributed by atoms with Gasteiger partial charge in [-0.1, -0.05) is 6.58 Å². The molecule has 0 spiro atoms. The van der Waals surface area contributed by atoms with Crippen molar-refractivity contribution in [2.24, 2.45) is 5.92 Å². The number of aromatic nitrogens is 4. The van der Waals surface area contributed by atoms with Crippen molar-refractivity contribution < 1.29 is 91.7 Å². The number of carboxylic acid groups (broad SMARTS) is 5. The first-order valence-corrected chi connectivity index (χ1v) is 31.9. The van der Waals surface area contributed by atoms with Gasteiger partial charge in [-0.25, -0.2) is 13.4 Å². The predicted octanol–water partition coefficient (Wildman–Crippen LogP) is -1.16. The van der Waals surface area contributed by atoms with E-state index in [-0.39, 0.29) is 144 Å². The molecule has 3 atom stereocenters. The number of aliphatic hydroxyl groups is 1. The van der Waals surface area contributed by atoms with Gasteiger partial charge in [0, 0.05) is 134 Å². The van der Waals surface area contributed by atoms with Gasteiger partial charge in [0.1, 0.15) is 17.8 Å². The number of H-pyrrole nitrogens is 1. The molecule has 0 bridgehead atoms. The number of hydrogen-bond donors (Lipinski definition) is 14. The number of nitrogens with zero attached hydrogens (tertiary/aromatic N) is 7. The number of anilines is 1. The van der Waals surface area contributed by atoms with Crippen LogP contribution >= 0.6 is 0 Å². The molecule has 35 heteroatoms. The molecule has 2 aromatic heterocycles. The fraction of sp³-hybridized carbons (Fsp3) is 0.525. The molecule has 3 heterocycles. The van der Waals surface area contributed by atoms with Gasteiger partial charge in [-0.3, -0.25) is 72.2 Å². The molecule has 1 aliphatic rings. The summed E-state index contributed by atoms with van der Waals surface area (Å²) in [6.45, 7) is 7.38. The quantitative estimate of drug-likeness (QED) is 0.0185. The van der Waals surface area contributed by atoms with Crippen molar-refractivity contribution in [1.82, 2.24) is 70.7 Å². The number of aromatic amines is 1. The molecule has 1 aliphatic heterocycles. The normalized spacial score (nSPS) is 14.8. The summed E-state index contributed by atoms with van der Waals surface area (Å²) in [6, 6.07) is 4.53. The van der Waals surface area contributed by atoms with E-state index in [1.54, 1.807) is 56.2 Å². The number of rotatable bonds is 39. The number of fused-ring (bicyclic) bond motifs is 1. The number of hydrogen-bond acceptors (Lipinski definition) is 21. The fourth-order valence-electron chi connectivity index (χ4n) is 10.2. The fourth-order valence-corrected chi connectivity index (χ4v) is 11.8. The average molecular weight is 1340 g/mol. The summed E-state index contributed by atoms with van der Waals surface area (Å²) in [6.07, 6.45) is 4.03. The Balaban J connectivity index is 1.07.